The van der Waals surface area contributed by atoms with Gasteiger partial charge in [-0.05, 0) is 74.1 Å². The zero-order valence-corrected chi connectivity index (χ0v) is 24.4. The highest BCUT2D eigenvalue weighted by atomic mass is 19.1. The van der Waals surface area contributed by atoms with Crippen LogP contribution in [0.15, 0.2) is 28.8 Å². The van der Waals surface area contributed by atoms with E-state index in [1.165, 1.54) is 6.07 Å². The van der Waals surface area contributed by atoms with Gasteiger partial charge in [0.05, 0.1) is 19.2 Å². The van der Waals surface area contributed by atoms with Crippen molar-refractivity contribution in [3.63, 3.8) is 0 Å². The summed E-state index contributed by atoms with van der Waals surface area (Å²) in [6.07, 6.45) is 7.06. The van der Waals surface area contributed by atoms with Crippen molar-refractivity contribution >= 4 is 23.4 Å². The van der Waals surface area contributed by atoms with Gasteiger partial charge in [-0.1, -0.05) is 31.1 Å². The second-order valence-corrected chi connectivity index (χ2v) is 11.8. The van der Waals surface area contributed by atoms with E-state index in [1.54, 1.807) is 11.0 Å². The average Bonchev–Trinajstić information content (AvgIpc) is 3.70. The SMILES string of the molecule is CC(C)c1noc(N2CCC(COc3ccc(C4=CCC(C(=O)NCC(=O)N5CCC[C@H]5C#N)CC4)cc3F)CC2)n1. The molecule has 2 saturated heterocycles. The molecule has 10 nitrogen and oxygen atoms in total. The summed E-state index contributed by atoms with van der Waals surface area (Å²) in [6, 6.07) is 7.37. The summed E-state index contributed by atoms with van der Waals surface area (Å²) >= 11 is 0. The van der Waals surface area contributed by atoms with E-state index in [9.17, 15) is 19.2 Å². The van der Waals surface area contributed by atoms with E-state index in [0.717, 1.165) is 43.5 Å². The summed E-state index contributed by atoms with van der Waals surface area (Å²) in [5, 5.41) is 16.0. The van der Waals surface area contributed by atoms with Crippen molar-refractivity contribution in [1.29, 1.82) is 5.26 Å². The Morgan fingerprint density at radius 1 is 1.21 bits per heavy atom. The number of benzene rings is 1. The lowest BCUT2D eigenvalue weighted by Gasteiger charge is -2.30. The van der Waals surface area contributed by atoms with Gasteiger partial charge in [0.15, 0.2) is 17.4 Å². The lowest BCUT2D eigenvalue weighted by Crippen LogP contribution is -2.43. The highest BCUT2D eigenvalue weighted by Crippen LogP contribution is 2.33. The molecule has 1 aromatic heterocycles. The molecule has 2 atom stereocenters. The first-order valence-electron chi connectivity index (χ1n) is 15.0. The number of aromatic nitrogens is 2. The van der Waals surface area contributed by atoms with Gasteiger partial charge < -0.3 is 24.4 Å². The van der Waals surface area contributed by atoms with Crippen LogP contribution in [-0.2, 0) is 9.59 Å². The summed E-state index contributed by atoms with van der Waals surface area (Å²) in [5.74, 6) is 0.481. The summed E-state index contributed by atoms with van der Waals surface area (Å²) in [6.45, 7) is 6.56. The van der Waals surface area contributed by atoms with E-state index in [4.69, 9.17) is 9.26 Å². The summed E-state index contributed by atoms with van der Waals surface area (Å²) in [7, 11) is 0. The maximum absolute atomic E-state index is 15.0. The molecule has 1 N–H and O–H groups in total. The Bertz CT molecular complexity index is 1340. The summed E-state index contributed by atoms with van der Waals surface area (Å²) in [5.41, 5.74) is 1.79. The number of anilines is 1. The molecule has 1 aliphatic carbocycles. The van der Waals surface area contributed by atoms with Crippen LogP contribution in [0.2, 0.25) is 0 Å². The summed E-state index contributed by atoms with van der Waals surface area (Å²) in [4.78, 5) is 33.2. The van der Waals surface area contributed by atoms with Crippen molar-refractivity contribution in [2.24, 2.45) is 11.8 Å². The van der Waals surface area contributed by atoms with Gasteiger partial charge in [0, 0.05) is 31.5 Å². The van der Waals surface area contributed by atoms with Gasteiger partial charge in [-0.25, -0.2) is 4.39 Å². The fraction of sp³-hybridized carbons (Fsp3) is 0.581. The summed E-state index contributed by atoms with van der Waals surface area (Å²) < 4.78 is 26.2. The van der Waals surface area contributed by atoms with Crippen molar-refractivity contribution in [3.05, 3.63) is 41.5 Å². The van der Waals surface area contributed by atoms with Crippen molar-refractivity contribution < 1.29 is 23.2 Å². The molecule has 3 heterocycles. The van der Waals surface area contributed by atoms with Crippen molar-refractivity contribution in [3.8, 4) is 11.8 Å². The number of nitrogens with one attached hydrogen (secondary N) is 1. The molecule has 5 rings (SSSR count). The van der Waals surface area contributed by atoms with Crippen LogP contribution in [-0.4, -0.2) is 65.7 Å². The van der Waals surface area contributed by atoms with Gasteiger partial charge in [0.1, 0.15) is 6.04 Å². The number of rotatable bonds is 9. The lowest BCUT2D eigenvalue weighted by molar-refractivity contribution is -0.134. The monoisotopic (exact) mass is 578 g/mol. The number of hydrogen-bond donors (Lipinski definition) is 1. The Labute approximate surface area is 245 Å². The van der Waals surface area contributed by atoms with Crippen LogP contribution in [0.5, 0.6) is 5.75 Å². The van der Waals surface area contributed by atoms with Crippen molar-refractivity contribution in [2.75, 3.05) is 37.7 Å². The molecular formula is C31H39FN6O4. The zero-order valence-electron chi connectivity index (χ0n) is 24.4. The topological polar surface area (TPSA) is 125 Å². The average molecular weight is 579 g/mol. The van der Waals surface area contributed by atoms with Crippen LogP contribution < -0.4 is 15.0 Å². The maximum Gasteiger partial charge on any atom is 0.324 e. The quantitative estimate of drug-likeness (QED) is 0.463. The fourth-order valence-corrected chi connectivity index (χ4v) is 5.85. The Morgan fingerprint density at radius 3 is 2.69 bits per heavy atom. The molecule has 2 fully saturated rings. The Balaban J connectivity index is 1.06. The molecule has 2 aliphatic heterocycles. The maximum atomic E-state index is 15.0. The molecular weight excluding hydrogens is 539 g/mol. The number of carbonyl (C=O) groups is 2. The first-order valence-corrected chi connectivity index (χ1v) is 15.0. The molecule has 224 valence electrons. The third-order valence-electron chi connectivity index (χ3n) is 8.53. The Morgan fingerprint density at radius 2 is 2.02 bits per heavy atom. The smallest absolute Gasteiger partial charge is 0.324 e. The highest BCUT2D eigenvalue weighted by Gasteiger charge is 2.30. The number of likely N-dealkylation sites (tertiary alicyclic amines) is 1. The predicted molar refractivity (Wildman–Crippen MR) is 154 cm³/mol. The van der Waals surface area contributed by atoms with Crippen LogP contribution in [0.25, 0.3) is 5.57 Å². The Kier molecular flexibility index (Phi) is 9.40. The molecule has 2 aromatic rings. The molecule has 1 aromatic carbocycles. The van der Waals surface area contributed by atoms with Gasteiger partial charge in [-0.15, -0.1) is 0 Å². The number of halogens is 1. The van der Waals surface area contributed by atoms with E-state index < -0.39 is 11.9 Å². The third kappa shape index (κ3) is 6.92. The highest BCUT2D eigenvalue weighted by molar-refractivity contribution is 5.87. The number of piperidine rings is 1. The standard InChI is InChI=1S/C31H39FN6O4/c1-20(2)29-35-31(42-36-29)37-14-11-21(12-15-37)19-41-27-10-9-24(16-26(27)32)22-5-7-23(8-6-22)30(40)34-18-28(39)38-13-3-4-25(38)17-33/h5,9-10,16,20-21,23,25H,3-4,6-8,11-15,18-19H2,1-2H3,(H,34,40)/t23?,25-/m0/s1. The molecule has 0 radical (unpaired) electrons. The number of nitriles is 1. The fourth-order valence-electron chi connectivity index (χ4n) is 5.85. The zero-order chi connectivity index (χ0) is 29.6. The van der Waals surface area contributed by atoms with E-state index in [0.29, 0.717) is 56.6 Å². The van der Waals surface area contributed by atoms with E-state index in [1.807, 2.05) is 26.0 Å². The van der Waals surface area contributed by atoms with E-state index in [-0.39, 0.29) is 35.9 Å². The minimum Gasteiger partial charge on any atom is -0.490 e. The normalized spacial score (nSPS) is 21.3. The molecule has 1 unspecified atom stereocenters. The van der Waals surface area contributed by atoms with Crippen LogP contribution in [0, 0.1) is 29.0 Å². The second kappa shape index (κ2) is 13.4. The molecule has 0 spiro atoms. The second-order valence-electron chi connectivity index (χ2n) is 11.8. The van der Waals surface area contributed by atoms with Crippen LogP contribution in [0.3, 0.4) is 0 Å². The lowest BCUT2D eigenvalue weighted by atomic mass is 9.86. The number of nitrogens with zero attached hydrogens (tertiary/aromatic N) is 5. The number of carbonyl (C=O) groups excluding carboxylic acids is 2. The number of hydrogen-bond acceptors (Lipinski definition) is 8. The molecule has 0 saturated carbocycles. The third-order valence-corrected chi connectivity index (χ3v) is 8.53. The van der Waals surface area contributed by atoms with E-state index >= 15 is 0 Å². The Hall–Kier alpha value is -3.94. The van der Waals surface area contributed by atoms with Crippen LogP contribution >= 0.6 is 0 Å². The largest absolute Gasteiger partial charge is 0.490 e. The van der Waals surface area contributed by atoms with Crippen LogP contribution in [0.4, 0.5) is 10.4 Å². The molecule has 3 aliphatic rings. The number of amides is 2. The van der Waals surface area contributed by atoms with Crippen molar-refractivity contribution in [1.82, 2.24) is 20.4 Å². The van der Waals surface area contributed by atoms with Gasteiger partial charge >= 0.3 is 6.01 Å². The van der Waals surface area contributed by atoms with Crippen LogP contribution in [0.1, 0.15) is 76.1 Å². The molecule has 42 heavy (non-hydrogen) atoms. The first kappa shape index (κ1) is 29.5. The minimum atomic E-state index is -0.396. The van der Waals surface area contributed by atoms with Gasteiger partial charge in [0.25, 0.3) is 0 Å². The predicted octanol–water partition coefficient (Wildman–Crippen LogP) is 4.44. The molecule has 0 bridgehead atoms. The van der Waals surface area contributed by atoms with Gasteiger partial charge in [-0.2, -0.15) is 10.2 Å². The van der Waals surface area contributed by atoms with Crippen molar-refractivity contribution in [2.45, 2.75) is 70.8 Å². The molecule has 2 amide bonds. The first-order chi connectivity index (χ1) is 20.3. The number of allylic oxidation sites excluding steroid dienone is 2. The van der Waals surface area contributed by atoms with Gasteiger partial charge in [-0.3, -0.25) is 9.59 Å². The number of ether oxygens (including phenoxy) is 1. The van der Waals surface area contributed by atoms with E-state index in [2.05, 4.69) is 26.4 Å². The minimum absolute atomic E-state index is 0.0896. The van der Waals surface area contributed by atoms with Gasteiger partial charge in [0.2, 0.25) is 11.8 Å². The molecule has 11 heteroatoms.